The Morgan fingerprint density at radius 1 is 1.04 bits per heavy atom. The summed E-state index contributed by atoms with van der Waals surface area (Å²) in [6.45, 7) is 0. The van der Waals surface area contributed by atoms with Crippen LogP contribution in [0.5, 0.6) is 0 Å². The van der Waals surface area contributed by atoms with Crippen LogP contribution < -0.4 is 0 Å². The van der Waals surface area contributed by atoms with Gasteiger partial charge in [-0.15, -0.1) is 0 Å². The van der Waals surface area contributed by atoms with E-state index in [1.807, 2.05) is 42.6 Å². The minimum absolute atomic E-state index is 0.595. The molecule has 0 spiro atoms. The van der Waals surface area contributed by atoms with E-state index in [2.05, 4.69) is 16.0 Å². The van der Waals surface area contributed by atoms with E-state index in [4.69, 9.17) is 22.0 Å². The van der Waals surface area contributed by atoms with Gasteiger partial charge in [-0.1, -0.05) is 35.5 Å². The Bertz CT molecular complexity index is 1100. The fraction of sp³-hybridized carbons (Fsp3) is 0. The number of halogens is 1. The molecule has 0 unspecified atom stereocenters. The minimum Gasteiger partial charge on any atom is -0.262 e. The second-order valence-electron chi connectivity index (χ2n) is 5.60. The lowest BCUT2D eigenvalue weighted by Gasteiger charge is -2.02. The van der Waals surface area contributed by atoms with Gasteiger partial charge in [0.25, 0.3) is 0 Å². The lowest BCUT2D eigenvalue weighted by molar-refractivity contribution is 0.876. The van der Waals surface area contributed by atoms with Crippen LogP contribution in [0.2, 0.25) is 5.02 Å². The summed E-state index contributed by atoms with van der Waals surface area (Å²) in [4.78, 5) is 9.46. The SMILES string of the molecule is N#Cc1ccc(-c2nn(-c3cccnc3)cc2Sc2ccc(Cl)cn2)cc1. The Balaban J connectivity index is 1.78. The fourth-order valence-corrected chi connectivity index (χ4v) is 3.48. The Morgan fingerprint density at radius 3 is 2.56 bits per heavy atom. The lowest BCUT2D eigenvalue weighted by Crippen LogP contribution is -1.95. The van der Waals surface area contributed by atoms with E-state index in [1.54, 1.807) is 35.4 Å². The molecule has 4 rings (SSSR count). The average Bonchev–Trinajstić information content (AvgIpc) is 3.14. The van der Waals surface area contributed by atoms with Crippen molar-refractivity contribution in [1.29, 1.82) is 5.26 Å². The van der Waals surface area contributed by atoms with Crippen LogP contribution in [0.15, 0.2) is 83.2 Å². The monoisotopic (exact) mass is 389 g/mol. The van der Waals surface area contributed by atoms with Crippen LogP contribution in [-0.4, -0.2) is 19.7 Å². The fourth-order valence-electron chi connectivity index (χ4n) is 2.49. The van der Waals surface area contributed by atoms with Crippen LogP contribution in [0.25, 0.3) is 16.9 Å². The highest BCUT2D eigenvalue weighted by atomic mass is 35.5. The number of nitrogens with zero attached hydrogens (tertiary/aromatic N) is 5. The maximum atomic E-state index is 9.02. The van der Waals surface area contributed by atoms with Crippen molar-refractivity contribution in [3.8, 4) is 23.0 Å². The zero-order chi connectivity index (χ0) is 18.6. The molecule has 0 radical (unpaired) electrons. The first kappa shape index (κ1) is 17.3. The molecule has 1 aromatic carbocycles. The van der Waals surface area contributed by atoms with Crippen LogP contribution in [0, 0.1) is 11.3 Å². The van der Waals surface area contributed by atoms with E-state index in [0.717, 1.165) is 26.9 Å². The van der Waals surface area contributed by atoms with Gasteiger partial charge >= 0.3 is 0 Å². The third-order valence-corrected chi connectivity index (χ3v) is 4.99. The molecule has 27 heavy (non-hydrogen) atoms. The molecule has 0 aliphatic heterocycles. The van der Waals surface area contributed by atoms with Gasteiger partial charge in [-0.3, -0.25) is 4.98 Å². The van der Waals surface area contributed by atoms with Crippen LogP contribution in [-0.2, 0) is 0 Å². The highest BCUT2D eigenvalue weighted by Gasteiger charge is 2.14. The normalized spacial score (nSPS) is 10.5. The molecule has 3 heterocycles. The van der Waals surface area contributed by atoms with E-state index in [1.165, 1.54) is 11.8 Å². The van der Waals surface area contributed by atoms with E-state index >= 15 is 0 Å². The zero-order valence-corrected chi connectivity index (χ0v) is 15.5. The van der Waals surface area contributed by atoms with Gasteiger partial charge < -0.3 is 0 Å². The summed E-state index contributed by atoms with van der Waals surface area (Å²) < 4.78 is 1.79. The average molecular weight is 390 g/mol. The number of nitriles is 1. The molecule has 0 aliphatic rings. The summed E-state index contributed by atoms with van der Waals surface area (Å²) in [5.74, 6) is 0. The van der Waals surface area contributed by atoms with Crippen LogP contribution >= 0.6 is 23.4 Å². The summed E-state index contributed by atoms with van der Waals surface area (Å²) in [7, 11) is 0. The standard InChI is InChI=1S/C20H12ClN5S/c21-16-7-8-19(24-11-16)27-18-13-26(17-2-1-9-23-12-17)25-20(18)15-5-3-14(10-22)4-6-15/h1-9,11-13H. The molecule has 4 aromatic rings. The van der Waals surface area contributed by atoms with Crippen molar-refractivity contribution in [2.24, 2.45) is 0 Å². The zero-order valence-electron chi connectivity index (χ0n) is 14.0. The number of hydrogen-bond donors (Lipinski definition) is 0. The summed E-state index contributed by atoms with van der Waals surface area (Å²) in [6.07, 6.45) is 7.05. The Morgan fingerprint density at radius 2 is 1.89 bits per heavy atom. The first-order valence-corrected chi connectivity index (χ1v) is 9.22. The second kappa shape index (κ2) is 7.62. The predicted molar refractivity (Wildman–Crippen MR) is 105 cm³/mol. The maximum Gasteiger partial charge on any atom is 0.107 e. The maximum absolute atomic E-state index is 9.02. The lowest BCUT2D eigenvalue weighted by atomic mass is 10.1. The Hall–Kier alpha value is -3.14. The number of pyridine rings is 2. The quantitative estimate of drug-likeness (QED) is 0.491. The highest BCUT2D eigenvalue weighted by Crippen LogP contribution is 2.35. The van der Waals surface area contributed by atoms with Crippen molar-refractivity contribution in [3.05, 3.63) is 83.9 Å². The topological polar surface area (TPSA) is 67.4 Å². The number of rotatable bonds is 4. The third-order valence-electron chi connectivity index (χ3n) is 3.79. The smallest absolute Gasteiger partial charge is 0.107 e. The molecule has 0 amide bonds. The molecule has 0 saturated heterocycles. The summed E-state index contributed by atoms with van der Waals surface area (Å²) in [5.41, 5.74) is 3.21. The molecule has 0 N–H and O–H groups in total. The first-order valence-electron chi connectivity index (χ1n) is 8.03. The Kier molecular flexibility index (Phi) is 4.88. The largest absolute Gasteiger partial charge is 0.262 e. The van der Waals surface area contributed by atoms with E-state index < -0.39 is 0 Å². The van der Waals surface area contributed by atoms with Crippen LogP contribution in [0.4, 0.5) is 0 Å². The van der Waals surface area contributed by atoms with E-state index in [9.17, 15) is 0 Å². The van der Waals surface area contributed by atoms with Gasteiger partial charge in [-0.25, -0.2) is 9.67 Å². The number of hydrogen-bond acceptors (Lipinski definition) is 5. The third kappa shape index (κ3) is 3.85. The van der Waals surface area contributed by atoms with Gasteiger partial charge in [-0.05, 0) is 36.4 Å². The van der Waals surface area contributed by atoms with Gasteiger partial charge in [-0.2, -0.15) is 10.4 Å². The van der Waals surface area contributed by atoms with Crippen molar-refractivity contribution >= 4 is 23.4 Å². The van der Waals surface area contributed by atoms with Crippen LogP contribution in [0.3, 0.4) is 0 Å². The van der Waals surface area contributed by atoms with E-state index in [-0.39, 0.29) is 0 Å². The van der Waals surface area contributed by atoms with Crippen molar-refractivity contribution in [2.45, 2.75) is 9.92 Å². The number of aromatic nitrogens is 4. The number of benzene rings is 1. The molecular weight excluding hydrogens is 378 g/mol. The summed E-state index contributed by atoms with van der Waals surface area (Å²) >= 11 is 7.44. The summed E-state index contributed by atoms with van der Waals surface area (Å²) in [5, 5.41) is 15.2. The van der Waals surface area contributed by atoms with Gasteiger partial charge in [0.05, 0.1) is 33.4 Å². The Labute approximate surface area is 165 Å². The van der Waals surface area contributed by atoms with Crippen molar-refractivity contribution in [2.75, 3.05) is 0 Å². The predicted octanol–water partition coefficient (Wildman–Crippen LogP) is 5.01. The molecule has 0 fully saturated rings. The molecule has 0 saturated carbocycles. The molecule has 0 aliphatic carbocycles. The minimum atomic E-state index is 0.595. The van der Waals surface area contributed by atoms with Gasteiger partial charge in [0.2, 0.25) is 0 Å². The second-order valence-corrected chi connectivity index (χ2v) is 7.10. The summed E-state index contributed by atoms with van der Waals surface area (Å²) in [6, 6.07) is 17.0. The highest BCUT2D eigenvalue weighted by molar-refractivity contribution is 7.99. The van der Waals surface area contributed by atoms with Gasteiger partial charge in [0.15, 0.2) is 0 Å². The van der Waals surface area contributed by atoms with Crippen molar-refractivity contribution in [3.63, 3.8) is 0 Å². The molecular formula is C20H12ClN5S. The van der Waals surface area contributed by atoms with Crippen molar-refractivity contribution < 1.29 is 0 Å². The molecule has 3 aromatic heterocycles. The first-order chi connectivity index (χ1) is 13.2. The molecule has 5 nitrogen and oxygen atoms in total. The molecule has 0 bridgehead atoms. The van der Waals surface area contributed by atoms with E-state index in [0.29, 0.717) is 10.6 Å². The molecule has 130 valence electrons. The van der Waals surface area contributed by atoms with Crippen LogP contribution in [0.1, 0.15) is 5.56 Å². The molecule has 0 atom stereocenters. The van der Waals surface area contributed by atoms with Gasteiger partial charge in [0, 0.05) is 24.2 Å². The van der Waals surface area contributed by atoms with Crippen molar-refractivity contribution in [1.82, 2.24) is 19.7 Å². The van der Waals surface area contributed by atoms with Gasteiger partial charge in [0.1, 0.15) is 10.7 Å². The molecule has 7 heteroatoms.